The molecule has 0 N–H and O–H groups in total. The molecule has 30 heavy (non-hydrogen) atoms. The number of nitrogens with zero attached hydrogens (tertiary/aromatic N) is 3. The number of benzene rings is 1. The van der Waals surface area contributed by atoms with Crippen LogP contribution in [0.1, 0.15) is 32.3 Å². The molecule has 0 atom stereocenters. The lowest BCUT2D eigenvalue weighted by Crippen LogP contribution is -2.43. The van der Waals surface area contributed by atoms with E-state index in [1.165, 1.54) is 20.5 Å². The quantitative estimate of drug-likeness (QED) is 0.524. The van der Waals surface area contributed by atoms with Gasteiger partial charge in [-0.1, -0.05) is 32.0 Å². The first-order valence-corrected chi connectivity index (χ1v) is 11.0. The third-order valence-electron chi connectivity index (χ3n) is 4.99. The van der Waals surface area contributed by atoms with Gasteiger partial charge in [0.05, 0.1) is 19.2 Å². The zero-order valence-electron chi connectivity index (χ0n) is 17.6. The summed E-state index contributed by atoms with van der Waals surface area (Å²) in [5.41, 5.74) is 0.399. The molecule has 0 spiro atoms. The van der Waals surface area contributed by atoms with Gasteiger partial charge in [0, 0.05) is 18.7 Å². The minimum absolute atomic E-state index is 0.0807. The van der Waals surface area contributed by atoms with Crippen LogP contribution in [0.4, 0.5) is 0 Å². The van der Waals surface area contributed by atoms with Crippen LogP contribution >= 0.6 is 11.3 Å². The molecule has 0 bridgehead atoms. The molecule has 160 valence electrons. The van der Waals surface area contributed by atoms with E-state index in [-0.39, 0.29) is 24.6 Å². The third kappa shape index (κ3) is 4.33. The lowest BCUT2D eigenvalue weighted by Gasteiger charge is -2.22. The van der Waals surface area contributed by atoms with E-state index < -0.39 is 5.69 Å². The molecular formula is C22H27N3O4S. The van der Waals surface area contributed by atoms with Crippen molar-refractivity contribution >= 4 is 27.5 Å². The van der Waals surface area contributed by atoms with Crippen molar-refractivity contribution in [3.05, 3.63) is 62.1 Å². The zero-order valence-corrected chi connectivity index (χ0v) is 18.4. The molecule has 1 amide bonds. The average molecular weight is 430 g/mol. The van der Waals surface area contributed by atoms with Crippen molar-refractivity contribution in [2.24, 2.45) is 0 Å². The van der Waals surface area contributed by atoms with E-state index in [0.29, 0.717) is 29.1 Å². The molecule has 0 unspecified atom stereocenters. The minimum atomic E-state index is -0.488. The van der Waals surface area contributed by atoms with Crippen molar-refractivity contribution < 1.29 is 9.53 Å². The van der Waals surface area contributed by atoms with Gasteiger partial charge in [-0.3, -0.25) is 18.7 Å². The van der Waals surface area contributed by atoms with Gasteiger partial charge < -0.3 is 9.64 Å². The van der Waals surface area contributed by atoms with E-state index in [4.69, 9.17) is 4.74 Å². The maximum Gasteiger partial charge on any atom is 0.332 e. The fourth-order valence-corrected chi connectivity index (χ4v) is 4.41. The Kier molecular flexibility index (Phi) is 7.10. The smallest absolute Gasteiger partial charge is 0.332 e. The normalized spacial score (nSPS) is 11.0. The van der Waals surface area contributed by atoms with Crippen molar-refractivity contribution in [1.82, 2.24) is 14.0 Å². The van der Waals surface area contributed by atoms with Crippen molar-refractivity contribution in [3.63, 3.8) is 0 Å². The summed E-state index contributed by atoms with van der Waals surface area (Å²) in [5.74, 6) is 0.491. The number of para-hydroxylation sites is 1. The number of methoxy groups -OCH3 is 1. The predicted molar refractivity (Wildman–Crippen MR) is 120 cm³/mol. The highest BCUT2D eigenvalue weighted by atomic mass is 32.1. The van der Waals surface area contributed by atoms with Crippen LogP contribution in [0.5, 0.6) is 5.75 Å². The SMILES string of the molecule is CCCN(CCC)C(=O)Cn1c(=O)n(Cc2ccccc2OC)c(=O)c2sccc21. The molecule has 2 heterocycles. The molecule has 2 aromatic heterocycles. The molecule has 0 saturated carbocycles. The lowest BCUT2D eigenvalue weighted by molar-refractivity contribution is -0.131. The summed E-state index contributed by atoms with van der Waals surface area (Å²) in [4.78, 5) is 41.0. The van der Waals surface area contributed by atoms with E-state index in [1.807, 2.05) is 32.0 Å². The van der Waals surface area contributed by atoms with Crippen molar-refractivity contribution in [2.45, 2.75) is 39.8 Å². The van der Waals surface area contributed by atoms with Gasteiger partial charge in [-0.15, -0.1) is 11.3 Å². The monoisotopic (exact) mass is 429 g/mol. The second-order valence-electron chi connectivity index (χ2n) is 7.09. The van der Waals surface area contributed by atoms with Gasteiger partial charge in [0.25, 0.3) is 5.56 Å². The predicted octanol–water partition coefficient (Wildman–Crippen LogP) is 2.93. The van der Waals surface area contributed by atoms with Crippen LogP contribution in [0, 0.1) is 0 Å². The van der Waals surface area contributed by atoms with Crippen LogP contribution in [0.3, 0.4) is 0 Å². The van der Waals surface area contributed by atoms with Gasteiger partial charge in [-0.25, -0.2) is 4.79 Å². The summed E-state index contributed by atoms with van der Waals surface area (Å²) in [6.07, 6.45) is 1.70. The van der Waals surface area contributed by atoms with Crippen LogP contribution in [0.15, 0.2) is 45.3 Å². The van der Waals surface area contributed by atoms with E-state index in [9.17, 15) is 14.4 Å². The Hall–Kier alpha value is -2.87. The van der Waals surface area contributed by atoms with Gasteiger partial charge in [-0.05, 0) is 30.4 Å². The molecule has 7 nitrogen and oxygen atoms in total. The maximum absolute atomic E-state index is 13.3. The van der Waals surface area contributed by atoms with Gasteiger partial charge in [-0.2, -0.15) is 0 Å². The number of ether oxygens (including phenoxy) is 1. The van der Waals surface area contributed by atoms with Gasteiger partial charge in [0.15, 0.2) is 0 Å². The Morgan fingerprint density at radius 1 is 1.07 bits per heavy atom. The largest absolute Gasteiger partial charge is 0.496 e. The van der Waals surface area contributed by atoms with Crippen LogP contribution in [0.25, 0.3) is 10.2 Å². The number of amides is 1. The highest BCUT2D eigenvalue weighted by Gasteiger charge is 2.20. The molecule has 1 aromatic carbocycles. The summed E-state index contributed by atoms with van der Waals surface area (Å²) in [6, 6.07) is 9.01. The van der Waals surface area contributed by atoms with Crippen LogP contribution in [0.2, 0.25) is 0 Å². The molecule has 0 saturated heterocycles. The van der Waals surface area contributed by atoms with Crippen LogP contribution in [-0.2, 0) is 17.9 Å². The van der Waals surface area contributed by atoms with Crippen molar-refractivity contribution in [3.8, 4) is 5.75 Å². The first-order valence-electron chi connectivity index (χ1n) is 10.1. The van der Waals surface area contributed by atoms with E-state index in [0.717, 1.165) is 18.4 Å². The Balaban J connectivity index is 2.07. The molecule has 0 fully saturated rings. The molecule has 0 radical (unpaired) electrons. The Morgan fingerprint density at radius 2 is 1.77 bits per heavy atom. The second-order valence-corrected chi connectivity index (χ2v) is 8.00. The fourth-order valence-electron chi connectivity index (χ4n) is 3.57. The molecule has 0 aliphatic carbocycles. The molecule has 0 aliphatic heterocycles. The number of thiophene rings is 1. The molecule has 0 aliphatic rings. The first kappa shape index (κ1) is 21.8. The van der Waals surface area contributed by atoms with Crippen molar-refractivity contribution in [2.75, 3.05) is 20.2 Å². The topological polar surface area (TPSA) is 73.5 Å². The van der Waals surface area contributed by atoms with Gasteiger partial charge in [0.2, 0.25) is 5.91 Å². The number of rotatable bonds is 9. The van der Waals surface area contributed by atoms with Crippen LogP contribution < -0.4 is 16.0 Å². The Labute approximate surface area is 179 Å². The van der Waals surface area contributed by atoms with E-state index >= 15 is 0 Å². The number of fused-ring (bicyclic) bond motifs is 1. The molecule has 3 rings (SSSR count). The minimum Gasteiger partial charge on any atom is -0.496 e. The number of carbonyl (C=O) groups is 1. The standard InChI is InChI=1S/C22H27N3O4S/c1-4-11-23(12-5-2)19(26)15-24-17-10-13-30-20(17)21(27)25(22(24)28)14-16-8-6-7-9-18(16)29-3/h6-10,13H,4-5,11-12,14-15H2,1-3H3. The number of carbonyl (C=O) groups excluding carboxylic acids is 1. The maximum atomic E-state index is 13.3. The number of aromatic nitrogens is 2. The summed E-state index contributed by atoms with van der Waals surface area (Å²) < 4.78 is 8.44. The first-order chi connectivity index (χ1) is 14.5. The van der Waals surface area contributed by atoms with Crippen LogP contribution in [-0.4, -0.2) is 40.1 Å². The highest BCUT2D eigenvalue weighted by molar-refractivity contribution is 7.17. The Bertz CT molecular complexity index is 1140. The average Bonchev–Trinajstić information content (AvgIpc) is 3.24. The van der Waals surface area contributed by atoms with Gasteiger partial charge >= 0.3 is 5.69 Å². The Morgan fingerprint density at radius 3 is 2.43 bits per heavy atom. The lowest BCUT2D eigenvalue weighted by atomic mass is 10.2. The summed E-state index contributed by atoms with van der Waals surface area (Å²) in [7, 11) is 1.55. The summed E-state index contributed by atoms with van der Waals surface area (Å²) in [6.45, 7) is 5.33. The summed E-state index contributed by atoms with van der Waals surface area (Å²) >= 11 is 1.28. The number of hydrogen-bond acceptors (Lipinski definition) is 5. The van der Waals surface area contributed by atoms with Crippen molar-refractivity contribution in [1.29, 1.82) is 0 Å². The fraction of sp³-hybridized carbons (Fsp3) is 0.409. The van der Waals surface area contributed by atoms with E-state index in [1.54, 1.807) is 29.5 Å². The summed E-state index contributed by atoms with van der Waals surface area (Å²) in [5, 5.41) is 1.77. The highest BCUT2D eigenvalue weighted by Crippen LogP contribution is 2.19. The zero-order chi connectivity index (χ0) is 21.7. The molecule has 3 aromatic rings. The van der Waals surface area contributed by atoms with E-state index in [2.05, 4.69) is 0 Å². The van der Waals surface area contributed by atoms with Gasteiger partial charge in [0.1, 0.15) is 17.0 Å². The number of hydrogen-bond donors (Lipinski definition) is 0. The molecular weight excluding hydrogens is 402 g/mol. The second kappa shape index (κ2) is 9.75. The molecule has 8 heteroatoms. The third-order valence-corrected chi connectivity index (χ3v) is 5.88.